The Balaban J connectivity index is 1.55. The van der Waals surface area contributed by atoms with Crippen LogP contribution in [-0.4, -0.2) is 47.9 Å². The summed E-state index contributed by atoms with van der Waals surface area (Å²) in [6.45, 7) is 1.52. The van der Waals surface area contributed by atoms with Crippen molar-refractivity contribution >= 4 is 29.3 Å². The predicted octanol–water partition coefficient (Wildman–Crippen LogP) is 4.15. The maximum absolute atomic E-state index is 14.3. The van der Waals surface area contributed by atoms with E-state index in [9.17, 15) is 45.5 Å². The van der Waals surface area contributed by atoms with Crippen molar-refractivity contribution in [3.8, 4) is 0 Å². The number of likely N-dealkylation sites (tertiary alicyclic amines) is 1. The highest BCUT2D eigenvalue weighted by Gasteiger charge is 2.72. The van der Waals surface area contributed by atoms with Gasteiger partial charge in [0.15, 0.2) is 0 Å². The monoisotopic (exact) mass is 538 g/mol. The molecule has 0 spiro atoms. The van der Waals surface area contributed by atoms with Gasteiger partial charge in [-0.1, -0.05) is 42.0 Å². The zero-order valence-corrected chi connectivity index (χ0v) is 19.9. The molecular formula is C26H20F6N2O4. The van der Waals surface area contributed by atoms with Gasteiger partial charge in [-0.3, -0.25) is 29.0 Å². The van der Waals surface area contributed by atoms with E-state index >= 15 is 0 Å². The molecule has 2 aliphatic heterocycles. The fourth-order valence-corrected chi connectivity index (χ4v) is 6.13. The lowest BCUT2D eigenvalue weighted by molar-refractivity contribution is -0.288. The molecule has 12 heteroatoms. The Bertz CT molecular complexity index is 1340. The van der Waals surface area contributed by atoms with Crippen LogP contribution in [0.15, 0.2) is 48.5 Å². The zero-order valence-electron chi connectivity index (χ0n) is 19.9. The van der Waals surface area contributed by atoms with Crippen molar-refractivity contribution in [1.29, 1.82) is 0 Å². The third kappa shape index (κ3) is 3.27. The Morgan fingerprint density at radius 1 is 0.658 bits per heavy atom. The minimum atomic E-state index is -5.78. The van der Waals surface area contributed by atoms with Gasteiger partial charge in [0.25, 0.3) is 0 Å². The van der Waals surface area contributed by atoms with Gasteiger partial charge in [-0.25, -0.2) is 0 Å². The Morgan fingerprint density at radius 3 is 1.61 bits per heavy atom. The molecule has 0 aromatic heterocycles. The van der Waals surface area contributed by atoms with Crippen molar-refractivity contribution in [1.82, 2.24) is 4.90 Å². The lowest BCUT2D eigenvalue weighted by Gasteiger charge is -2.38. The summed E-state index contributed by atoms with van der Waals surface area (Å²) in [7, 11) is 1.28. The second-order valence-electron chi connectivity index (χ2n) is 9.91. The van der Waals surface area contributed by atoms with Crippen LogP contribution in [0.3, 0.4) is 0 Å². The summed E-state index contributed by atoms with van der Waals surface area (Å²) in [6.07, 6.45) is -11.6. The number of halogens is 6. The molecule has 5 rings (SSSR count). The summed E-state index contributed by atoms with van der Waals surface area (Å²) in [6, 6.07) is 6.76. The van der Waals surface area contributed by atoms with Crippen molar-refractivity contribution in [3.05, 3.63) is 65.2 Å². The molecule has 2 aromatic rings. The summed E-state index contributed by atoms with van der Waals surface area (Å²) in [5, 5.41) is 0. The molecule has 2 heterocycles. The number of anilines is 1. The largest absolute Gasteiger partial charge is 0.411 e. The predicted molar refractivity (Wildman–Crippen MR) is 119 cm³/mol. The van der Waals surface area contributed by atoms with Crippen LogP contribution in [0, 0.1) is 30.6 Å². The highest BCUT2D eigenvalue weighted by molar-refractivity contribution is 6.24. The molecule has 4 atom stereocenters. The first-order valence-corrected chi connectivity index (χ1v) is 11.6. The van der Waals surface area contributed by atoms with E-state index in [1.54, 1.807) is 0 Å². The number of alkyl halides is 6. The zero-order chi connectivity index (χ0) is 27.9. The number of rotatable bonds is 3. The second kappa shape index (κ2) is 8.15. The Labute approximate surface area is 212 Å². The quantitative estimate of drug-likeness (QED) is 0.435. The van der Waals surface area contributed by atoms with Crippen LogP contribution in [0.2, 0.25) is 0 Å². The van der Waals surface area contributed by atoms with Gasteiger partial charge in [-0.15, -0.1) is 0 Å². The average Bonchev–Trinajstić information content (AvgIpc) is 3.40. The van der Waals surface area contributed by atoms with Gasteiger partial charge in [0.1, 0.15) is 0 Å². The molecule has 38 heavy (non-hydrogen) atoms. The van der Waals surface area contributed by atoms with Gasteiger partial charge in [-0.2, -0.15) is 26.3 Å². The lowest BCUT2D eigenvalue weighted by Crippen LogP contribution is -2.54. The molecular weight excluding hydrogens is 518 g/mol. The number of amides is 4. The van der Waals surface area contributed by atoms with Crippen LogP contribution >= 0.6 is 0 Å². The highest BCUT2D eigenvalue weighted by atomic mass is 19.4. The van der Waals surface area contributed by atoms with Crippen LogP contribution in [0.1, 0.15) is 23.1 Å². The normalized spacial score (nSPS) is 25.9. The van der Waals surface area contributed by atoms with E-state index in [1.165, 1.54) is 14.0 Å². The van der Waals surface area contributed by atoms with Crippen molar-refractivity contribution in [3.63, 3.8) is 0 Å². The number of imide groups is 2. The van der Waals surface area contributed by atoms with Gasteiger partial charge < -0.3 is 0 Å². The molecule has 6 nitrogen and oxygen atoms in total. The van der Waals surface area contributed by atoms with Crippen LogP contribution < -0.4 is 4.90 Å². The van der Waals surface area contributed by atoms with Crippen LogP contribution in [0.25, 0.3) is 0 Å². The smallest absolute Gasteiger partial charge is 0.285 e. The number of carbonyl (C=O) groups excluding carboxylic acids is 4. The van der Waals surface area contributed by atoms with E-state index in [0.29, 0.717) is 22.6 Å². The fourth-order valence-electron chi connectivity index (χ4n) is 6.13. The summed E-state index contributed by atoms with van der Waals surface area (Å²) >= 11 is 0. The first kappa shape index (κ1) is 25.9. The van der Waals surface area contributed by atoms with Gasteiger partial charge in [0, 0.05) is 7.05 Å². The molecule has 2 aromatic carbocycles. The third-order valence-electron chi connectivity index (χ3n) is 7.96. The topological polar surface area (TPSA) is 74.8 Å². The van der Waals surface area contributed by atoms with E-state index in [2.05, 4.69) is 0 Å². The van der Waals surface area contributed by atoms with Crippen molar-refractivity contribution in [2.75, 3.05) is 11.9 Å². The maximum Gasteiger partial charge on any atom is 0.411 e. The summed E-state index contributed by atoms with van der Waals surface area (Å²) < 4.78 is 86.1. The van der Waals surface area contributed by atoms with Crippen LogP contribution in [-0.2, 0) is 24.6 Å². The maximum atomic E-state index is 14.3. The number of nitrogens with zero attached hydrogens (tertiary/aromatic N) is 2. The van der Waals surface area contributed by atoms with E-state index < -0.39 is 76.2 Å². The molecule has 200 valence electrons. The Kier molecular flexibility index (Phi) is 5.56. The number of hydrogen-bond donors (Lipinski definition) is 0. The number of fused-ring (bicyclic) bond motifs is 3. The standard InChI is InChI=1S/C26H20F6N2O4/c1-12-3-5-13(6-4-12)24(25(27,28)29,26(30,31)32)14-7-9-15(10-8-14)34-21(36)17-11-16-18(19(17)23(34)38)22(37)33(2)20(16)35/h3-10,16-19H,11H2,1-2H3. The average molecular weight is 538 g/mol. The molecule has 1 saturated carbocycles. The molecule has 3 aliphatic rings. The SMILES string of the molecule is Cc1ccc(C(c2ccc(N3C(=O)C4CC5C(=O)N(C)C(=O)C5C4C3=O)cc2)(C(F)(F)F)C(F)(F)F)cc1. The van der Waals surface area contributed by atoms with Crippen LogP contribution in [0.5, 0.6) is 0 Å². The fraction of sp³-hybridized carbons (Fsp3) is 0.385. The number of benzene rings is 2. The van der Waals surface area contributed by atoms with E-state index in [4.69, 9.17) is 0 Å². The Morgan fingerprint density at radius 2 is 1.11 bits per heavy atom. The van der Waals surface area contributed by atoms with Crippen LogP contribution in [0.4, 0.5) is 32.0 Å². The molecule has 4 amide bonds. The minimum absolute atomic E-state index is 0.0396. The first-order chi connectivity index (χ1) is 17.6. The molecule has 0 N–H and O–H groups in total. The first-order valence-electron chi connectivity index (χ1n) is 11.6. The lowest BCUT2D eigenvalue weighted by atomic mass is 9.72. The molecule has 0 radical (unpaired) electrons. The molecule has 4 unspecified atom stereocenters. The van der Waals surface area contributed by atoms with Crippen molar-refractivity contribution < 1.29 is 45.5 Å². The summed E-state index contributed by atoms with van der Waals surface area (Å²) in [5.74, 6) is -6.57. The molecule has 0 bridgehead atoms. The molecule has 2 saturated heterocycles. The van der Waals surface area contributed by atoms with Crippen molar-refractivity contribution in [2.45, 2.75) is 31.1 Å². The van der Waals surface area contributed by atoms with E-state index in [-0.39, 0.29) is 12.1 Å². The van der Waals surface area contributed by atoms with Gasteiger partial charge in [0.05, 0.1) is 29.4 Å². The molecule has 3 fully saturated rings. The summed E-state index contributed by atoms with van der Waals surface area (Å²) in [4.78, 5) is 52.7. The van der Waals surface area contributed by atoms with E-state index in [1.807, 2.05) is 0 Å². The Hall–Kier alpha value is -3.70. The van der Waals surface area contributed by atoms with Gasteiger partial charge >= 0.3 is 12.4 Å². The number of carbonyl (C=O) groups is 4. The number of aryl methyl sites for hydroxylation is 1. The third-order valence-corrected chi connectivity index (χ3v) is 7.96. The van der Waals surface area contributed by atoms with Crippen molar-refractivity contribution in [2.24, 2.45) is 23.7 Å². The highest BCUT2D eigenvalue weighted by Crippen LogP contribution is 2.57. The second-order valence-corrected chi connectivity index (χ2v) is 9.91. The minimum Gasteiger partial charge on any atom is -0.285 e. The van der Waals surface area contributed by atoms with Gasteiger partial charge in [-0.05, 0) is 36.6 Å². The number of hydrogen-bond acceptors (Lipinski definition) is 4. The molecule has 1 aliphatic carbocycles. The van der Waals surface area contributed by atoms with Gasteiger partial charge in [0.2, 0.25) is 29.0 Å². The van der Waals surface area contributed by atoms with E-state index in [0.717, 1.165) is 41.3 Å². The summed E-state index contributed by atoms with van der Waals surface area (Å²) in [5.41, 5.74) is -6.28.